The molecule has 2 N–H and O–H groups in total. The van der Waals surface area contributed by atoms with Gasteiger partial charge in [-0.15, -0.1) is 0 Å². The highest BCUT2D eigenvalue weighted by atomic mass is 16.2. The molecule has 4 nitrogen and oxygen atoms in total. The number of hydrogen-bond donors (Lipinski definition) is 1. The minimum absolute atomic E-state index is 0.138. The van der Waals surface area contributed by atoms with Gasteiger partial charge in [0.15, 0.2) is 0 Å². The first-order valence-electron chi connectivity index (χ1n) is 5.02. The number of nitrogens with zero attached hydrogens (tertiary/aromatic N) is 1. The second kappa shape index (κ2) is 3.69. The van der Waals surface area contributed by atoms with Crippen LogP contribution in [0, 0.1) is 0 Å². The van der Waals surface area contributed by atoms with E-state index in [0.29, 0.717) is 0 Å². The summed E-state index contributed by atoms with van der Waals surface area (Å²) < 4.78 is 0. The summed E-state index contributed by atoms with van der Waals surface area (Å²) in [6, 6.07) is -0.626. The van der Waals surface area contributed by atoms with Crippen molar-refractivity contribution in [3.63, 3.8) is 0 Å². The zero-order valence-corrected chi connectivity index (χ0v) is 9.04. The Bertz CT molecular complexity index is 261. The summed E-state index contributed by atoms with van der Waals surface area (Å²) in [5.74, 6) is -0.366. The zero-order valence-electron chi connectivity index (χ0n) is 9.04. The molecular weight excluding hydrogens is 180 g/mol. The van der Waals surface area contributed by atoms with Crippen LogP contribution in [0.15, 0.2) is 0 Å². The number of hydrogen-bond acceptors (Lipinski definition) is 3. The van der Waals surface area contributed by atoms with Crippen LogP contribution in [0.3, 0.4) is 0 Å². The van der Waals surface area contributed by atoms with Gasteiger partial charge in [-0.25, -0.2) is 0 Å². The van der Waals surface area contributed by atoms with Gasteiger partial charge in [-0.2, -0.15) is 0 Å². The molecule has 0 radical (unpaired) electrons. The molecule has 0 aromatic carbocycles. The third-order valence-electron chi connectivity index (χ3n) is 2.65. The van der Waals surface area contributed by atoms with Gasteiger partial charge in [-0.05, 0) is 20.3 Å². The molecule has 2 amide bonds. The summed E-state index contributed by atoms with van der Waals surface area (Å²) in [6.07, 6.45) is 1.92. The largest absolute Gasteiger partial charge is 0.319 e. The molecule has 1 saturated heterocycles. The lowest BCUT2D eigenvalue weighted by atomic mass is 9.97. The van der Waals surface area contributed by atoms with E-state index in [-0.39, 0.29) is 18.2 Å². The van der Waals surface area contributed by atoms with Crippen LogP contribution < -0.4 is 5.73 Å². The third kappa shape index (κ3) is 1.80. The number of carbonyl (C=O) groups is 2. The Hall–Kier alpha value is -0.900. The molecule has 14 heavy (non-hydrogen) atoms. The molecule has 0 saturated carbocycles. The van der Waals surface area contributed by atoms with E-state index in [1.54, 1.807) is 0 Å². The average Bonchev–Trinajstić information content (AvgIpc) is 2.26. The number of nitrogens with two attached hydrogens (primary N) is 1. The Morgan fingerprint density at radius 2 is 2.07 bits per heavy atom. The molecule has 1 atom stereocenters. The highest BCUT2D eigenvalue weighted by molar-refractivity contribution is 6.06. The maximum atomic E-state index is 11.6. The van der Waals surface area contributed by atoms with Crippen molar-refractivity contribution < 1.29 is 9.59 Å². The quantitative estimate of drug-likeness (QED) is 0.677. The van der Waals surface area contributed by atoms with Crippen molar-refractivity contribution in [3.8, 4) is 0 Å². The van der Waals surface area contributed by atoms with Crippen molar-refractivity contribution in [3.05, 3.63) is 0 Å². The SMILES string of the molecule is CCCC(C)(C)N1C(=O)CC(N)C1=O. The molecule has 1 heterocycles. The summed E-state index contributed by atoms with van der Waals surface area (Å²) in [7, 11) is 0. The van der Waals surface area contributed by atoms with Gasteiger partial charge in [0.05, 0.1) is 12.5 Å². The summed E-state index contributed by atoms with van der Waals surface area (Å²) in [5.41, 5.74) is 5.15. The van der Waals surface area contributed by atoms with Gasteiger partial charge in [0.25, 0.3) is 0 Å². The zero-order chi connectivity index (χ0) is 10.9. The number of imide groups is 1. The summed E-state index contributed by atoms with van der Waals surface area (Å²) in [5, 5.41) is 0. The minimum Gasteiger partial charge on any atom is -0.319 e. The molecule has 0 aliphatic carbocycles. The molecule has 80 valence electrons. The van der Waals surface area contributed by atoms with Gasteiger partial charge in [0.1, 0.15) is 0 Å². The number of likely N-dealkylation sites (tertiary alicyclic amines) is 1. The van der Waals surface area contributed by atoms with Gasteiger partial charge < -0.3 is 5.73 Å². The number of amides is 2. The normalized spacial score (nSPS) is 23.4. The maximum Gasteiger partial charge on any atom is 0.247 e. The highest BCUT2D eigenvalue weighted by Gasteiger charge is 2.43. The monoisotopic (exact) mass is 198 g/mol. The lowest BCUT2D eigenvalue weighted by molar-refractivity contribution is -0.145. The van der Waals surface area contributed by atoms with Gasteiger partial charge in [0.2, 0.25) is 11.8 Å². The van der Waals surface area contributed by atoms with Crippen LogP contribution in [0.4, 0.5) is 0 Å². The molecule has 1 fully saturated rings. The lowest BCUT2D eigenvalue weighted by Crippen LogP contribution is -2.49. The van der Waals surface area contributed by atoms with Crippen LogP contribution in [0.1, 0.15) is 40.0 Å². The van der Waals surface area contributed by atoms with Gasteiger partial charge in [-0.3, -0.25) is 14.5 Å². The summed E-state index contributed by atoms with van der Waals surface area (Å²) in [6.45, 7) is 5.85. The summed E-state index contributed by atoms with van der Waals surface area (Å²) in [4.78, 5) is 24.5. The molecule has 1 rings (SSSR count). The standard InChI is InChI=1S/C10H18N2O2/c1-4-5-10(2,3)12-8(13)6-7(11)9(12)14/h7H,4-6,11H2,1-3H3. The molecule has 4 heteroatoms. The number of rotatable bonds is 3. The number of carbonyl (C=O) groups excluding carboxylic acids is 2. The van der Waals surface area contributed by atoms with Crippen molar-refractivity contribution in [1.29, 1.82) is 0 Å². The third-order valence-corrected chi connectivity index (χ3v) is 2.65. The first kappa shape index (κ1) is 11.2. The molecule has 1 aliphatic heterocycles. The smallest absolute Gasteiger partial charge is 0.247 e. The van der Waals surface area contributed by atoms with Crippen molar-refractivity contribution in [2.75, 3.05) is 0 Å². The van der Waals surface area contributed by atoms with Crippen LogP contribution in [0.5, 0.6) is 0 Å². The molecular formula is C10H18N2O2. The summed E-state index contributed by atoms with van der Waals surface area (Å²) >= 11 is 0. The highest BCUT2D eigenvalue weighted by Crippen LogP contribution is 2.26. The van der Waals surface area contributed by atoms with E-state index in [2.05, 4.69) is 0 Å². The predicted molar refractivity (Wildman–Crippen MR) is 53.4 cm³/mol. The first-order valence-corrected chi connectivity index (χ1v) is 5.02. The first-order chi connectivity index (χ1) is 6.40. The fourth-order valence-corrected chi connectivity index (χ4v) is 2.01. The predicted octanol–water partition coefficient (Wildman–Crippen LogP) is 0.651. The maximum absolute atomic E-state index is 11.6. The van der Waals surface area contributed by atoms with E-state index in [1.165, 1.54) is 4.90 Å². The van der Waals surface area contributed by atoms with E-state index >= 15 is 0 Å². The Labute approximate surface area is 84.4 Å². The second-order valence-corrected chi connectivity index (χ2v) is 4.44. The van der Waals surface area contributed by atoms with Crippen molar-refractivity contribution in [1.82, 2.24) is 4.90 Å². The van der Waals surface area contributed by atoms with Crippen LogP contribution >= 0.6 is 0 Å². The van der Waals surface area contributed by atoms with Gasteiger partial charge in [0, 0.05) is 5.54 Å². The van der Waals surface area contributed by atoms with Crippen LogP contribution in [0.25, 0.3) is 0 Å². The van der Waals surface area contributed by atoms with E-state index in [9.17, 15) is 9.59 Å². The molecule has 0 aromatic heterocycles. The van der Waals surface area contributed by atoms with Crippen molar-refractivity contribution in [2.24, 2.45) is 5.73 Å². The Morgan fingerprint density at radius 1 is 1.50 bits per heavy atom. The lowest BCUT2D eigenvalue weighted by Gasteiger charge is -2.33. The molecule has 1 unspecified atom stereocenters. The molecule has 0 aromatic rings. The topological polar surface area (TPSA) is 63.4 Å². The fraction of sp³-hybridized carbons (Fsp3) is 0.800. The average molecular weight is 198 g/mol. The molecule has 0 spiro atoms. The van der Waals surface area contributed by atoms with Gasteiger partial charge >= 0.3 is 0 Å². The Kier molecular flexibility index (Phi) is 2.95. The Morgan fingerprint density at radius 3 is 2.43 bits per heavy atom. The van der Waals surface area contributed by atoms with Crippen LogP contribution in [-0.2, 0) is 9.59 Å². The molecule has 0 bridgehead atoms. The fourth-order valence-electron chi connectivity index (χ4n) is 2.01. The van der Waals surface area contributed by atoms with E-state index in [0.717, 1.165) is 12.8 Å². The Balaban J connectivity index is 2.86. The van der Waals surface area contributed by atoms with Crippen molar-refractivity contribution >= 4 is 11.8 Å². The van der Waals surface area contributed by atoms with Crippen LogP contribution in [-0.4, -0.2) is 28.3 Å². The van der Waals surface area contributed by atoms with E-state index < -0.39 is 11.6 Å². The second-order valence-electron chi connectivity index (χ2n) is 4.44. The van der Waals surface area contributed by atoms with E-state index in [4.69, 9.17) is 5.73 Å². The van der Waals surface area contributed by atoms with E-state index in [1.807, 2.05) is 20.8 Å². The van der Waals surface area contributed by atoms with Crippen LogP contribution in [0.2, 0.25) is 0 Å². The van der Waals surface area contributed by atoms with Gasteiger partial charge in [-0.1, -0.05) is 13.3 Å². The molecule has 1 aliphatic rings. The minimum atomic E-state index is -0.626. The van der Waals surface area contributed by atoms with Crippen molar-refractivity contribution in [2.45, 2.75) is 51.6 Å².